The minimum atomic E-state index is -4.80. The van der Waals surface area contributed by atoms with Crippen molar-refractivity contribution < 1.29 is 46.2 Å². The maximum absolute atomic E-state index is 13.6. The van der Waals surface area contributed by atoms with Crippen molar-refractivity contribution in [2.75, 3.05) is 25.1 Å². The molecule has 0 bridgehead atoms. The van der Waals surface area contributed by atoms with E-state index < -0.39 is 54.6 Å². The van der Waals surface area contributed by atoms with E-state index in [-0.39, 0.29) is 24.5 Å². The first-order chi connectivity index (χ1) is 18.9. The van der Waals surface area contributed by atoms with Crippen molar-refractivity contribution in [3.8, 4) is 0 Å². The minimum Gasteiger partial charge on any atom is -0.427 e. The third kappa shape index (κ3) is 5.79. The molecule has 2 aromatic carbocycles. The number of anilines is 1. The number of carbonyl (C=O) groups excluding carboxylic acids is 4. The van der Waals surface area contributed by atoms with Crippen LogP contribution in [0, 0.1) is 5.82 Å². The number of rotatable bonds is 9. The molecule has 1 heterocycles. The molecule has 0 unspecified atom stereocenters. The van der Waals surface area contributed by atoms with Gasteiger partial charge in [0, 0.05) is 30.8 Å². The highest BCUT2D eigenvalue weighted by molar-refractivity contribution is 6.06. The van der Waals surface area contributed by atoms with E-state index >= 15 is 0 Å². The first kappa shape index (κ1) is 29.0. The summed E-state index contributed by atoms with van der Waals surface area (Å²) < 4.78 is 64.7. The Morgan fingerprint density at radius 1 is 1.18 bits per heavy atom. The van der Waals surface area contributed by atoms with Crippen molar-refractivity contribution in [3.05, 3.63) is 65.0 Å². The van der Waals surface area contributed by atoms with E-state index in [1.165, 1.54) is 24.3 Å². The van der Waals surface area contributed by atoms with E-state index in [4.69, 9.17) is 9.47 Å². The average Bonchev–Trinajstić information content (AvgIpc) is 3.37. The van der Waals surface area contributed by atoms with Crippen LogP contribution in [0.3, 0.4) is 0 Å². The summed E-state index contributed by atoms with van der Waals surface area (Å²) >= 11 is 0. The van der Waals surface area contributed by atoms with Crippen molar-refractivity contribution in [2.24, 2.45) is 0 Å². The summed E-state index contributed by atoms with van der Waals surface area (Å²) in [6.45, 7) is 1.27. The zero-order chi connectivity index (χ0) is 29.2. The maximum Gasteiger partial charge on any atom is 0.418 e. The molecule has 0 radical (unpaired) electrons. The zero-order valence-corrected chi connectivity index (χ0v) is 21.7. The topological polar surface area (TPSA) is 105 Å². The Morgan fingerprint density at radius 3 is 2.52 bits per heavy atom. The van der Waals surface area contributed by atoms with E-state index in [2.05, 4.69) is 5.32 Å². The predicted octanol–water partition coefficient (Wildman–Crippen LogP) is 3.90. The van der Waals surface area contributed by atoms with Gasteiger partial charge in [0.1, 0.15) is 25.0 Å². The quantitative estimate of drug-likeness (QED) is 0.463. The fourth-order valence-corrected chi connectivity index (χ4v) is 4.75. The normalized spacial score (nSPS) is 19.0. The molecule has 1 aliphatic carbocycles. The summed E-state index contributed by atoms with van der Waals surface area (Å²) in [5.74, 6) is -2.97. The van der Waals surface area contributed by atoms with Gasteiger partial charge in [-0.05, 0) is 55.7 Å². The van der Waals surface area contributed by atoms with Crippen LogP contribution in [0.1, 0.15) is 37.0 Å². The molecule has 1 N–H and O–H groups in total. The molecule has 214 valence electrons. The van der Waals surface area contributed by atoms with Gasteiger partial charge in [-0.25, -0.2) is 14.1 Å². The highest BCUT2D eigenvalue weighted by Gasteiger charge is 2.58. The first-order valence-corrected chi connectivity index (χ1v) is 12.5. The summed E-state index contributed by atoms with van der Waals surface area (Å²) in [4.78, 5) is 52.3. The van der Waals surface area contributed by atoms with Gasteiger partial charge < -0.3 is 19.7 Å². The smallest absolute Gasteiger partial charge is 0.418 e. The van der Waals surface area contributed by atoms with Crippen LogP contribution in [0.15, 0.2) is 42.5 Å². The highest BCUT2D eigenvalue weighted by Crippen LogP contribution is 2.46. The summed E-state index contributed by atoms with van der Waals surface area (Å²) in [5.41, 5.74) is -0.0474. The van der Waals surface area contributed by atoms with Crippen LogP contribution in [-0.4, -0.2) is 65.6 Å². The lowest BCUT2D eigenvalue weighted by Gasteiger charge is -2.31. The number of amides is 4. The summed E-state index contributed by atoms with van der Waals surface area (Å²) in [6, 6.07) is 7.03. The maximum atomic E-state index is 13.6. The monoisotopic (exact) mass is 565 g/mol. The van der Waals surface area contributed by atoms with Crippen LogP contribution in [0.25, 0.3) is 0 Å². The highest BCUT2D eigenvalue weighted by atomic mass is 19.4. The predicted molar refractivity (Wildman–Crippen MR) is 132 cm³/mol. The second-order valence-corrected chi connectivity index (χ2v) is 9.51. The molecule has 0 aromatic heterocycles. The molecule has 2 atom stereocenters. The van der Waals surface area contributed by atoms with Gasteiger partial charge in [-0.2, -0.15) is 13.2 Å². The molecule has 9 nitrogen and oxygen atoms in total. The Kier molecular flexibility index (Phi) is 8.15. The fraction of sp³-hybridized carbons (Fsp3) is 0.407. The SMILES string of the molecule is CCOCC(=O)Nc1ccc2c(c1)CC[C@@]21OC(=O)N(CC(=O)N(Cc2ccc(F)cc2)[C@@H](C)C(F)(F)F)C1=O. The summed E-state index contributed by atoms with van der Waals surface area (Å²) in [6.07, 6.45) is -5.58. The van der Waals surface area contributed by atoms with Gasteiger partial charge >= 0.3 is 12.3 Å². The standard InChI is InChI=1S/C27H27F4N3O6/c1-3-39-15-22(35)32-20-8-9-21-18(12-20)10-11-26(21)24(37)34(25(38)40-26)14-23(36)33(16(2)27(29,30)31)13-17-4-6-19(28)7-5-17/h4-9,12,16H,3,10-11,13-15H2,1-2H3,(H,32,35)/t16-,26+/m0/s1. The Labute approximate surface area is 227 Å². The first-order valence-electron chi connectivity index (χ1n) is 12.5. The Morgan fingerprint density at radius 2 is 1.88 bits per heavy atom. The molecule has 1 spiro atoms. The van der Waals surface area contributed by atoms with E-state index in [1.54, 1.807) is 13.0 Å². The third-order valence-electron chi connectivity index (χ3n) is 6.90. The molecular weight excluding hydrogens is 538 g/mol. The van der Waals surface area contributed by atoms with Crippen molar-refractivity contribution in [1.29, 1.82) is 0 Å². The molecule has 0 saturated carbocycles. The second kappa shape index (κ2) is 11.2. The number of imide groups is 1. The van der Waals surface area contributed by atoms with Gasteiger partial charge in [-0.1, -0.05) is 18.2 Å². The second-order valence-electron chi connectivity index (χ2n) is 9.51. The van der Waals surface area contributed by atoms with Crippen molar-refractivity contribution in [3.63, 3.8) is 0 Å². The molecule has 4 amide bonds. The molecule has 40 heavy (non-hydrogen) atoms. The van der Waals surface area contributed by atoms with Crippen LogP contribution in [-0.2, 0) is 42.4 Å². The summed E-state index contributed by atoms with van der Waals surface area (Å²) in [7, 11) is 0. The molecule has 1 fully saturated rings. The minimum absolute atomic E-state index is 0.0617. The Balaban J connectivity index is 1.53. The van der Waals surface area contributed by atoms with Crippen LogP contribution >= 0.6 is 0 Å². The van der Waals surface area contributed by atoms with Crippen molar-refractivity contribution in [1.82, 2.24) is 9.80 Å². The molecule has 1 aliphatic heterocycles. The molecule has 2 aliphatic rings. The van der Waals surface area contributed by atoms with Crippen molar-refractivity contribution in [2.45, 2.75) is 51.1 Å². The number of benzene rings is 2. The lowest BCUT2D eigenvalue weighted by Crippen LogP contribution is -2.51. The Hall–Kier alpha value is -4.00. The molecule has 1 saturated heterocycles. The number of carbonyl (C=O) groups is 4. The zero-order valence-electron chi connectivity index (χ0n) is 21.7. The van der Waals surface area contributed by atoms with Crippen LogP contribution < -0.4 is 5.32 Å². The number of alkyl halides is 3. The van der Waals surface area contributed by atoms with Crippen LogP contribution in [0.2, 0.25) is 0 Å². The lowest BCUT2D eigenvalue weighted by molar-refractivity contribution is -0.187. The van der Waals surface area contributed by atoms with E-state index in [0.717, 1.165) is 19.1 Å². The van der Waals surface area contributed by atoms with Gasteiger partial charge in [-0.15, -0.1) is 0 Å². The lowest BCUT2D eigenvalue weighted by atomic mass is 9.94. The number of nitrogens with zero attached hydrogens (tertiary/aromatic N) is 2. The van der Waals surface area contributed by atoms with Gasteiger partial charge in [0.15, 0.2) is 0 Å². The van der Waals surface area contributed by atoms with E-state index in [9.17, 15) is 36.7 Å². The summed E-state index contributed by atoms with van der Waals surface area (Å²) in [5, 5.41) is 2.67. The van der Waals surface area contributed by atoms with Gasteiger partial charge in [0.05, 0.1) is 0 Å². The number of hydrogen-bond acceptors (Lipinski definition) is 6. The molecule has 13 heteroatoms. The third-order valence-corrected chi connectivity index (χ3v) is 6.90. The van der Waals surface area contributed by atoms with Crippen molar-refractivity contribution >= 4 is 29.5 Å². The number of ether oxygens (including phenoxy) is 2. The largest absolute Gasteiger partial charge is 0.427 e. The van der Waals surface area contributed by atoms with E-state index in [0.29, 0.717) is 39.6 Å². The van der Waals surface area contributed by atoms with Crippen LogP contribution in [0.4, 0.5) is 28.0 Å². The van der Waals surface area contributed by atoms with E-state index in [1.807, 2.05) is 0 Å². The molecule has 4 rings (SSSR count). The van der Waals surface area contributed by atoms with Crippen LogP contribution in [0.5, 0.6) is 0 Å². The number of nitrogens with one attached hydrogen (secondary N) is 1. The van der Waals surface area contributed by atoms with Gasteiger partial charge in [-0.3, -0.25) is 14.4 Å². The van der Waals surface area contributed by atoms with Gasteiger partial charge in [0.2, 0.25) is 17.4 Å². The molecule has 2 aromatic rings. The number of hydrogen-bond donors (Lipinski definition) is 1. The number of aryl methyl sites for hydroxylation is 1. The number of halogens is 4. The average molecular weight is 566 g/mol. The van der Waals surface area contributed by atoms with Gasteiger partial charge in [0.25, 0.3) is 5.91 Å². The Bertz CT molecular complexity index is 1320. The molecular formula is C27H27F4N3O6. The fourth-order valence-electron chi connectivity index (χ4n) is 4.75. The number of fused-ring (bicyclic) bond motifs is 2.